The van der Waals surface area contributed by atoms with E-state index in [-0.39, 0.29) is 18.0 Å². The standard InChI is InChI=1S/C17H24O2/c1-4-6-8-13-16(15-11-9-7-10-12-15)19-17(18)14(3)5-2/h7-14,16H,4-6H2,1-3H3/b13-8+. The van der Waals surface area contributed by atoms with Crippen LogP contribution in [-0.2, 0) is 9.53 Å². The predicted molar refractivity (Wildman–Crippen MR) is 78.8 cm³/mol. The molecular weight excluding hydrogens is 236 g/mol. The van der Waals surface area contributed by atoms with Crippen molar-refractivity contribution < 1.29 is 9.53 Å². The number of carbonyl (C=O) groups excluding carboxylic acids is 1. The lowest BCUT2D eigenvalue weighted by Gasteiger charge is -2.17. The van der Waals surface area contributed by atoms with Crippen LogP contribution in [0.3, 0.4) is 0 Å². The van der Waals surface area contributed by atoms with E-state index in [4.69, 9.17) is 4.74 Å². The highest BCUT2D eigenvalue weighted by molar-refractivity contribution is 5.72. The molecule has 0 N–H and O–H groups in total. The third-order valence-corrected chi connectivity index (χ3v) is 3.15. The van der Waals surface area contributed by atoms with E-state index in [0.717, 1.165) is 24.8 Å². The predicted octanol–water partition coefficient (Wildman–Crippen LogP) is 4.67. The van der Waals surface area contributed by atoms with Gasteiger partial charge in [-0.3, -0.25) is 4.79 Å². The molecule has 0 radical (unpaired) electrons. The van der Waals surface area contributed by atoms with Crippen LogP contribution in [0.25, 0.3) is 0 Å². The highest BCUT2D eigenvalue weighted by Gasteiger charge is 2.17. The van der Waals surface area contributed by atoms with Crippen molar-refractivity contribution in [2.45, 2.75) is 46.1 Å². The van der Waals surface area contributed by atoms with Crippen molar-refractivity contribution in [1.82, 2.24) is 0 Å². The van der Waals surface area contributed by atoms with Crippen LogP contribution in [0, 0.1) is 5.92 Å². The normalized spacial score (nSPS) is 14.3. The Bertz CT molecular complexity index is 395. The fraction of sp³-hybridized carbons (Fsp3) is 0.471. The summed E-state index contributed by atoms with van der Waals surface area (Å²) in [6.45, 7) is 6.03. The number of carbonyl (C=O) groups is 1. The SMILES string of the molecule is CCC/C=C/C(OC(=O)C(C)CC)c1ccccc1. The Morgan fingerprint density at radius 2 is 1.95 bits per heavy atom. The van der Waals surface area contributed by atoms with E-state index in [1.165, 1.54) is 0 Å². The van der Waals surface area contributed by atoms with E-state index in [1.807, 2.05) is 50.3 Å². The van der Waals surface area contributed by atoms with Crippen molar-refractivity contribution in [2.24, 2.45) is 5.92 Å². The summed E-state index contributed by atoms with van der Waals surface area (Å²) in [6.07, 6.45) is 6.70. The van der Waals surface area contributed by atoms with Gasteiger partial charge < -0.3 is 4.74 Å². The molecule has 0 saturated heterocycles. The minimum absolute atomic E-state index is 0.0502. The number of esters is 1. The maximum absolute atomic E-state index is 11.9. The van der Waals surface area contributed by atoms with Crippen LogP contribution in [0.1, 0.15) is 51.7 Å². The van der Waals surface area contributed by atoms with Gasteiger partial charge in [-0.15, -0.1) is 0 Å². The Kier molecular flexibility index (Phi) is 6.94. The Labute approximate surface area is 116 Å². The Morgan fingerprint density at radius 1 is 1.26 bits per heavy atom. The van der Waals surface area contributed by atoms with Gasteiger partial charge in [0.15, 0.2) is 0 Å². The van der Waals surface area contributed by atoms with Gasteiger partial charge in [-0.05, 0) is 24.5 Å². The minimum Gasteiger partial charge on any atom is -0.453 e. The zero-order valence-corrected chi connectivity index (χ0v) is 12.1. The summed E-state index contributed by atoms with van der Waals surface area (Å²) in [5, 5.41) is 0. The lowest BCUT2D eigenvalue weighted by atomic mass is 10.1. The zero-order chi connectivity index (χ0) is 14.1. The monoisotopic (exact) mass is 260 g/mol. The first kappa shape index (κ1) is 15.5. The van der Waals surface area contributed by atoms with Crippen molar-refractivity contribution in [3.63, 3.8) is 0 Å². The Balaban J connectivity index is 2.78. The molecule has 0 saturated carbocycles. The van der Waals surface area contributed by atoms with Gasteiger partial charge in [0.25, 0.3) is 0 Å². The molecule has 1 aromatic rings. The van der Waals surface area contributed by atoms with Gasteiger partial charge in [-0.25, -0.2) is 0 Å². The van der Waals surface area contributed by atoms with Crippen LogP contribution >= 0.6 is 0 Å². The first-order valence-corrected chi connectivity index (χ1v) is 7.11. The topological polar surface area (TPSA) is 26.3 Å². The molecule has 0 amide bonds. The van der Waals surface area contributed by atoms with Gasteiger partial charge in [-0.2, -0.15) is 0 Å². The number of hydrogen-bond acceptors (Lipinski definition) is 2. The summed E-state index contributed by atoms with van der Waals surface area (Å²) < 4.78 is 5.61. The number of unbranched alkanes of at least 4 members (excludes halogenated alkanes) is 1. The molecule has 0 aliphatic carbocycles. The average Bonchev–Trinajstić information content (AvgIpc) is 2.46. The molecule has 0 aliphatic rings. The molecular formula is C17H24O2. The summed E-state index contributed by atoms with van der Waals surface area (Å²) in [5.74, 6) is -0.178. The van der Waals surface area contributed by atoms with Crippen LogP contribution in [-0.4, -0.2) is 5.97 Å². The molecule has 2 heteroatoms. The van der Waals surface area contributed by atoms with Crippen molar-refractivity contribution >= 4 is 5.97 Å². The fourth-order valence-corrected chi connectivity index (χ4v) is 1.66. The third kappa shape index (κ3) is 5.29. The lowest BCUT2D eigenvalue weighted by Crippen LogP contribution is -2.16. The fourth-order valence-electron chi connectivity index (χ4n) is 1.66. The number of hydrogen-bond donors (Lipinski definition) is 0. The van der Waals surface area contributed by atoms with Gasteiger partial charge >= 0.3 is 5.97 Å². The summed E-state index contributed by atoms with van der Waals surface area (Å²) in [6, 6.07) is 9.88. The molecule has 104 valence electrons. The van der Waals surface area contributed by atoms with Crippen LogP contribution < -0.4 is 0 Å². The lowest BCUT2D eigenvalue weighted by molar-refractivity contribution is -0.151. The summed E-state index contributed by atoms with van der Waals surface area (Å²) >= 11 is 0. The first-order chi connectivity index (χ1) is 9.19. The molecule has 2 unspecified atom stereocenters. The van der Waals surface area contributed by atoms with Crippen LogP contribution in [0.15, 0.2) is 42.5 Å². The summed E-state index contributed by atoms with van der Waals surface area (Å²) in [5.41, 5.74) is 1.02. The number of rotatable bonds is 7. The third-order valence-electron chi connectivity index (χ3n) is 3.15. The zero-order valence-electron chi connectivity index (χ0n) is 12.1. The second-order valence-corrected chi connectivity index (χ2v) is 4.79. The smallest absolute Gasteiger partial charge is 0.309 e. The summed E-state index contributed by atoms with van der Waals surface area (Å²) in [7, 11) is 0. The Morgan fingerprint density at radius 3 is 2.53 bits per heavy atom. The highest BCUT2D eigenvalue weighted by atomic mass is 16.5. The van der Waals surface area contributed by atoms with Crippen LogP contribution in [0.4, 0.5) is 0 Å². The molecule has 0 aromatic heterocycles. The molecule has 0 heterocycles. The molecule has 19 heavy (non-hydrogen) atoms. The van der Waals surface area contributed by atoms with Crippen molar-refractivity contribution in [1.29, 1.82) is 0 Å². The van der Waals surface area contributed by atoms with E-state index in [1.54, 1.807) is 0 Å². The van der Waals surface area contributed by atoms with Gasteiger partial charge in [0.2, 0.25) is 0 Å². The van der Waals surface area contributed by atoms with Gasteiger partial charge in [0, 0.05) is 0 Å². The molecule has 2 nitrogen and oxygen atoms in total. The molecule has 0 bridgehead atoms. The molecule has 1 aromatic carbocycles. The quantitative estimate of drug-likeness (QED) is 0.526. The van der Waals surface area contributed by atoms with Crippen molar-refractivity contribution in [3.8, 4) is 0 Å². The van der Waals surface area contributed by atoms with E-state index in [0.29, 0.717) is 0 Å². The maximum Gasteiger partial charge on any atom is 0.309 e. The largest absolute Gasteiger partial charge is 0.453 e. The first-order valence-electron chi connectivity index (χ1n) is 7.11. The number of ether oxygens (including phenoxy) is 1. The maximum atomic E-state index is 11.9. The van der Waals surface area contributed by atoms with E-state index < -0.39 is 0 Å². The molecule has 0 fully saturated rings. The highest BCUT2D eigenvalue weighted by Crippen LogP contribution is 2.21. The second kappa shape index (κ2) is 8.52. The van der Waals surface area contributed by atoms with Crippen molar-refractivity contribution in [2.75, 3.05) is 0 Å². The minimum atomic E-state index is -0.269. The molecule has 2 atom stereocenters. The van der Waals surface area contributed by atoms with Crippen LogP contribution in [0.2, 0.25) is 0 Å². The van der Waals surface area contributed by atoms with Gasteiger partial charge in [0.05, 0.1) is 5.92 Å². The molecule has 0 spiro atoms. The van der Waals surface area contributed by atoms with E-state index >= 15 is 0 Å². The molecule has 1 rings (SSSR count). The summed E-state index contributed by atoms with van der Waals surface area (Å²) in [4.78, 5) is 11.9. The van der Waals surface area contributed by atoms with Gasteiger partial charge in [0.1, 0.15) is 6.10 Å². The van der Waals surface area contributed by atoms with E-state index in [2.05, 4.69) is 13.0 Å². The Hall–Kier alpha value is -1.57. The van der Waals surface area contributed by atoms with Crippen LogP contribution in [0.5, 0.6) is 0 Å². The van der Waals surface area contributed by atoms with Crippen molar-refractivity contribution in [3.05, 3.63) is 48.0 Å². The molecule has 0 aliphatic heterocycles. The van der Waals surface area contributed by atoms with Gasteiger partial charge in [-0.1, -0.05) is 63.6 Å². The number of benzene rings is 1. The average molecular weight is 260 g/mol. The number of allylic oxidation sites excluding steroid dienone is 1. The van der Waals surface area contributed by atoms with E-state index in [9.17, 15) is 4.79 Å². The second-order valence-electron chi connectivity index (χ2n) is 4.79.